The molecule has 0 saturated heterocycles. The summed E-state index contributed by atoms with van der Waals surface area (Å²) in [6, 6.07) is 0.0937. The van der Waals surface area contributed by atoms with Crippen LogP contribution in [-0.2, 0) is 4.79 Å². The molecule has 2 unspecified atom stereocenters. The number of unbranched alkanes of at least 4 members (excludes halogenated alkanes) is 1. The first kappa shape index (κ1) is 16.1. The summed E-state index contributed by atoms with van der Waals surface area (Å²) in [7, 11) is 0. The molecule has 0 aromatic carbocycles. The Morgan fingerprint density at radius 1 is 1.44 bits per heavy atom. The standard InChI is InChI=1S/C11H22N2OS.ClH/c1-15-8-3-2-7-13-11(14)9-5-4-6-10(9)12;/h9-10H,2-8,12H2,1H3,(H,13,14);1H. The maximum Gasteiger partial charge on any atom is 0.224 e. The van der Waals surface area contributed by atoms with Crippen molar-refractivity contribution in [3.63, 3.8) is 0 Å². The van der Waals surface area contributed by atoms with Gasteiger partial charge in [0.25, 0.3) is 0 Å². The Morgan fingerprint density at radius 2 is 2.19 bits per heavy atom. The van der Waals surface area contributed by atoms with Crippen LogP contribution in [0.25, 0.3) is 0 Å². The van der Waals surface area contributed by atoms with Gasteiger partial charge in [-0.05, 0) is 37.7 Å². The first-order valence-electron chi connectivity index (χ1n) is 5.78. The smallest absolute Gasteiger partial charge is 0.224 e. The van der Waals surface area contributed by atoms with Crippen molar-refractivity contribution in [2.75, 3.05) is 18.6 Å². The molecule has 16 heavy (non-hydrogen) atoms. The van der Waals surface area contributed by atoms with Crippen molar-refractivity contribution in [3.8, 4) is 0 Å². The van der Waals surface area contributed by atoms with Gasteiger partial charge in [0.05, 0.1) is 5.92 Å². The Hall–Kier alpha value is 0.0700. The Bertz CT molecular complexity index is 204. The zero-order valence-electron chi connectivity index (χ0n) is 9.91. The predicted molar refractivity (Wildman–Crippen MR) is 73.2 cm³/mol. The molecule has 0 spiro atoms. The number of carbonyl (C=O) groups is 1. The second-order valence-electron chi connectivity index (χ2n) is 4.19. The van der Waals surface area contributed by atoms with E-state index >= 15 is 0 Å². The lowest BCUT2D eigenvalue weighted by Crippen LogP contribution is -2.38. The molecule has 3 nitrogen and oxygen atoms in total. The van der Waals surface area contributed by atoms with E-state index in [9.17, 15) is 4.79 Å². The number of amides is 1. The molecule has 0 bridgehead atoms. The number of thioether (sulfide) groups is 1. The summed E-state index contributed by atoms with van der Waals surface area (Å²) in [4.78, 5) is 11.7. The van der Waals surface area contributed by atoms with E-state index in [0.29, 0.717) is 0 Å². The van der Waals surface area contributed by atoms with E-state index in [1.165, 1.54) is 12.2 Å². The van der Waals surface area contributed by atoms with Crippen LogP contribution >= 0.6 is 24.2 Å². The van der Waals surface area contributed by atoms with E-state index in [-0.39, 0.29) is 30.3 Å². The van der Waals surface area contributed by atoms with E-state index in [2.05, 4.69) is 11.6 Å². The second-order valence-corrected chi connectivity index (χ2v) is 5.18. The van der Waals surface area contributed by atoms with Gasteiger partial charge in [-0.25, -0.2) is 0 Å². The van der Waals surface area contributed by atoms with Gasteiger partial charge < -0.3 is 11.1 Å². The number of hydrogen-bond acceptors (Lipinski definition) is 3. The number of carbonyl (C=O) groups excluding carboxylic acids is 1. The molecule has 0 heterocycles. The summed E-state index contributed by atoms with van der Waals surface area (Å²) in [5.74, 6) is 1.42. The highest BCUT2D eigenvalue weighted by Crippen LogP contribution is 2.23. The highest BCUT2D eigenvalue weighted by atomic mass is 35.5. The fraction of sp³-hybridized carbons (Fsp3) is 0.909. The number of nitrogens with two attached hydrogens (primary N) is 1. The highest BCUT2D eigenvalue weighted by Gasteiger charge is 2.29. The Labute approximate surface area is 109 Å². The van der Waals surface area contributed by atoms with Crippen LogP contribution in [0.3, 0.4) is 0 Å². The van der Waals surface area contributed by atoms with Crippen molar-refractivity contribution < 1.29 is 4.79 Å². The summed E-state index contributed by atoms with van der Waals surface area (Å²) in [5, 5.41) is 2.99. The lowest BCUT2D eigenvalue weighted by Gasteiger charge is -2.14. The van der Waals surface area contributed by atoms with Crippen LogP contribution in [0.4, 0.5) is 0 Å². The summed E-state index contributed by atoms with van der Waals surface area (Å²) in [5.41, 5.74) is 5.87. The lowest BCUT2D eigenvalue weighted by molar-refractivity contribution is -0.125. The maximum absolute atomic E-state index is 11.7. The van der Waals surface area contributed by atoms with Crippen molar-refractivity contribution in [1.82, 2.24) is 5.32 Å². The fourth-order valence-corrected chi connectivity index (χ4v) is 2.52. The van der Waals surface area contributed by atoms with Crippen molar-refractivity contribution in [2.45, 2.75) is 38.1 Å². The third-order valence-corrected chi connectivity index (χ3v) is 3.68. The average molecular weight is 267 g/mol. The average Bonchev–Trinajstić information content (AvgIpc) is 2.64. The minimum atomic E-state index is 0. The third kappa shape index (κ3) is 5.41. The quantitative estimate of drug-likeness (QED) is 0.721. The van der Waals surface area contributed by atoms with Crippen molar-refractivity contribution in [3.05, 3.63) is 0 Å². The van der Waals surface area contributed by atoms with Crippen LogP contribution in [0.15, 0.2) is 0 Å². The number of hydrogen-bond donors (Lipinski definition) is 2. The van der Waals surface area contributed by atoms with Crippen LogP contribution in [0, 0.1) is 5.92 Å². The van der Waals surface area contributed by atoms with Gasteiger partial charge in [-0.3, -0.25) is 4.79 Å². The van der Waals surface area contributed by atoms with Gasteiger partial charge in [-0.2, -0.15) is 11.8 Å². The van der Waals surface area contributed by atoms with Crippen LogP contribution in [0.1, 0.15) is 32.1 Å². The van der Waals surface area contributed by atoms with E-state index in [0.717, 1.165) is 32.2 Å². The summed E-state index contributed by atoms with van der Waals surface area (Å²) in [6.45, 7) is 0.808. The number of halogens is 1. The molecule has 1 fully saturated rings. The second kappa shape index (κ2) is 9.14. The minimum absolute atomic E-state index is 0. The largest absolute Gasteiger partial charge is 0.356 e. The molecule has 96 valence electrons. The molecule has 5 heteroatoms. The molecule has 1 saturated carbocycles. The summed E-state index contributed by atoms with van der Waals surface area (Å²) in [6.07, 6.45) is 7.44. The molecular formula is C11H23ClN2OS. The Morgan fingerprint density at radius 3 is 2.75 bits per heavy atom. The lowest BCUT2D eigenvalue weighted by atomic mass is 10.0. The van der Waals surface area contributed by atoms with Crippen LogP contribution in [0.2, 0.25) is 0 Å². The monoisotopic (exact) mass is 266 g/mol. The van der Waals surface area contributed by atoms with Crippen molar-refractivity contribution >= 4 is 30.1 Å². The van der Waals surface area contributed by atoms with E-state index in [4.69, 9.17) is 5.73 Å². The summed E-state index contributed by atoms with van der Waals surface area (Å²) >= 11 is 1.85. The normalized spacial score (nSPS) is 23.9. The third-order valence-electron chi connectivity index (χ3n) is 2.98. The van der Waals surface area contributed by atoms with Gasteiger partial charge in [0.15, 0.2) is 0 Å². The first-order chi connectivity index (χ1) is 7.25. The van der Waals surface area contributed by atoms with E-state index < -0.39 is 0 Å². The Balaban J connectivity index is 0.00000225. The fourth-order valence-electron chi connectivity index (χ4n) is 2.03. The van der Waals surface area contributed by atoms with Crippen LogP contribution in [0.5, 0.6) is 0 Å². The molecule has 0 radical (unpaired) electrons. The molecule has 1 rings (SSSR count). The molecule has 0 aromatic heterocycles. The van der Waals surface area contributed by atoms with E-state index in [1.807, 2.05) is 11.8 Å². The zero-order chi connectivity index (χ0) is 11.1. The molecule has 1 aliphatic carbocycles. The number of nitrogens with one attached hydrogen (secondary N) is 1. The molecule has 0 aliphatic heterocycles. The van der Waals surface area contributed by atoms with Crippen molar-refractivity contribution in [2.24, 2.45) is 11.7 Å². The molecule has 0 aromatic rings. The van der Waals surface area contributed by atoms with Gasteiger partial charge in [0, 0.05) is 12.6 Å². The highest BCUT2D eigenvalue weighted by molar-refractivity contribution is 7.98. The minimum Gasteiger partial charge on any atom is -0.356 e. The van der Waals surface area contributed by atoms with E-state index in [1.54, 1.807) is 0 Å². The number of rotatable bonds is 6. The summed E-state index contributed by atoms with van der Waals surface area (Å²) < 4.78 is 0. The van der Waals surface area contributed by atoms with Gasteiger partial charge in [0.1, 0.15) is 0 Å². The SMILES string of the molecule is CSCCCCNC(=O)C1CCCC1N.Cl. The first-order valence-corrected chi connectivity index (χ1v) is 7.17. The van der Waals surface area contributed by atoms with Crippen LogP contribution in [-0.4, -0.2) is 30.5 Å². The zero-order valence-corrected chi connectivity index (χ0v) is 11.5. The topological polar surface area (TPSA) is 55.1 Å². The van der Waals surface area contributed by atoms with Gasteiger partial charge in [-0.15, -0.1) is 12.4 Å². The van der Waals surface area contributed by atoms with Crippen LogP contribution < -0.4 is 11.1 Å². The molecule has 1 aliphatic rings. The predicted octanol–water partition coefficient (Wildman–Crippen LogP) is 1.79. The van der Waals surface area contributed by atoms with Gasteiger partial charge in [-0.1, -0.05) is 6.42 Å². The molecule has 2 atom stereocenters. The molecule has 1 amide bonds. The molecule has 3 N–H and O–H groups in total. The van der Waals surface area contributed by atoms with Gasteiger partial charge in [0.2, 0.25) is 5.91 Å². The van der Waals surface area contributed by atoms with Crippen molar-refractivity contribution in [1.29, 1.82) is 0 Å². The van der Waals surface area contributed by atoms with Gasteiger partial charge >= 0.3 is 0 Å². The Kier molecular flexibility index (Phi) is 9.18. The molecular weight excluding hydrogens is 244 g/mol. The maximum atomic E-state index is 11.7.